The number of unbranched alkanes of at least 4 members (excludes halogenated alkanes) is 15. The van der Waals surface area contributed by atoms with Crippen LogP contribution in [-0.2, 0) is 13.6 Å². The highest BCUT2D eigenvalue weighted by atomic mass is 31.2. The quantitative estimate of drug-likeness (QED) is 0.0977. The maximum atomic E-state index is 11.8. The van der Waals surface area contributed by atoms with Crippen molar-refractivity contribution in [3.8, 4) is 0 Å². The van der Waals surface area contributed by atoms with E-state index in [1.807, 2.05) is 31.6 Å². The van der Waals surface area contributed by atoms with E-state index in [0.29, 0.717) is 11.0 Å². The molecule has 0 spiro atoms. The first kappa shape index (κ1) is 28.6. The highest BCUT2D eigenvalue weighted by molar-refractivity contribution is 7.45. The summed E-state index contributed by atoms with van der Waals surface area (Å²) in [6.07, 6.45) is 28.7. The SMILES string of the molecule is CCCCCCCCCCCCCCCCCCOP(=O)([O-])OCC[N+]1(C)C=CC=C1. The normalized spacial score (nSPS) is 16.7. The molecule has 0 aromatic rings. The predicted molar refractivity (Wildman–Crippen MR) is 128 cm³/mol. The van der Waals surface area contributed by atoms with Crippen molar-refractivity contribution in [3.63, 3.8) is 0 Å². The van der Waals surface area contributed by atoms with E-state index in [4.69, 9.17) is 9.05 Å². The molecule has 0 aliphatic carbocycles. The van der Waals surface area contributed by atoms with Crippen LogP contribution in [-0.4, -0.2) is 31.3 Å². The number of rotatable bonds is 22. The summed E-state index contributed by atoms with van der Waals surface area (Å²) in [6.45, 7) is 3.20. The highest BCUT2D eigenvalue weighted by Crippen LogP contribution is 2.38. The summed E-state index contributed by atoms with van der Waals surface area (Å²) < 4.78 is 22.3. The Morgan fingerprint density at radius 1 is 0.677 bits per heavy atom. The standard InChI is InChI=1S/C25H48NO4P/c1-3-4-5-6-7-8-9-10-11-12-13-14-15-16-17-20-24-29-31(27,28)30-25-23-26(2)21-18-19-22-26/h18-19,21-22H,3-17,20,23-25H2,1-2H3. The molecule has 0 bridgehead atoms. The molecule has 0 saturated heterocycles. The summed E-state index contributed by atoms with van der Waals surface area (Å²) >= 11 is 0. The number of phosphoric ester groups is 1. The Hall–Kier alpha value is -0.450. The lowest BCUT2D eigenvalue weighted by atomic mass is 10.0. The first-order valence-corrected chi connectivity index (χ1v) is 14.3. The van der Waals surface area contributed by atoms with E-state index >= 15 is 0 Å². The molecule has 0 saturated carbocycles. The summed E-state index contributed by atoms with van der Waals surface area (Å²) in [5.41, 5.74) is 0. The van der Waals surface area contributed by atoms with Crippen LogP contribution in [0, 0.1) is 0 Å². The molecule has 1 rings (SSSR count). The predicted octanol–water partition coefficient (Wildman–Crippen LogP) is 7.24. The zero-order valence-corrected chi connectivity index (χ0v) is 21.2. The Labute approximate surface area is 192 Å². The highest BCUT2D eigenvalue weighted by Gasteiger charge is 2.19. The van der Waals surface area contributed by atoms with Crippen molar-refractivity contribution < 1.29 is 23.0 Å². The molecule has 0 fully saturated rings. The van der Waals surface area contributed by atoms with Crippen molar-refractivity contribution in [2.24, 2.45) is 0 Å². The van der Waals surface area contributed by atoms with Gasteiger partial charge in [-0.25, -0.2) is 0 Å². The maximum Gasteiger partial charge on any atom is 0.268 e. The van der Waals surface area contributed by atoms with E-state index in [1.54, 1.807) is 0 Å². The van der Waals surface area contributed by atoms with Gasteiger partial charge in [0.05, 0.1) is 13.7 Å². The Morgan fingerprint density at radius 2 is 1.06 bits per heavy atom. The third-order valence-electron chi connectivity index (χ3n) is 6.03. The van der Waals surface area contributed by atoms with Crippen LogP contribution in [0.1, 0.15) is 110 Å². The van der Waals surface area contributed by atoms with Crippen molar-refractivity contribution in [2.75, 3.05) is 26.8 Å². The molecule has 31 heavy (non-hydrogen) atoms. The zero-order valence-electron chi connectivity index (χ0n) is 20.3. The van der Waals surface area contributed by atoms with Gasteiger partial charge in [0, 0.05) is 0 Å². The average molecular weight is 458 g/mol. The molecule has 1 aliphatic rings. The summed E-state index contributed by atoms with van der Waals surface area (Å²) in [6, 6.07) is 0. The van der Waals surface area contributed by atoms with Crippen molar-refractivity contribution in [1.29, 1.82) is 0 Å². The van der Waals surface area contributed by atoms with E-state index in [1.165, 1.54) is 83.5 Å². The Balaban J connectivity index is 1.81. The molecule has 1 atom stereocenters. The number of hydrogen-bond acceptors (Lipinski definition) is 4. The lowest BCUT2D eigenvalue weighted by Gasteiger charge is -2.26. The Bertz CT molecular complexity index is 524. The second-order valence-electron chi connectivity index (χ2n) is 9.17. The van der Waals surface area contributed by atoms with Crippen LogP contribution < -0.4 is 4.89 Å². The van der Waals surface area contributed by atoms with Crippen LogP contribution in [0.4, 0.5) is 0 Å². The number of quaternary nitrogens is 1. The number of phosphoric acid groups is 1. The number of hydrogen-bond donors (Lipinski definition) is 0. The maximum absolute atomic E-state index is 11.8. The van der Waals surface area contributed by atoms with Crippen LogP contribution >= 0.6 is 7.82 Å². The van der Waals surface area contributed by atoms with Gasteiger partial charge in [0.15, 0.2) is 0 Å². The van der Waals surface area contributed by atoms with Crippen LogP contribution in [0.15, 0.2) is 24.6 Å². The molecule has 0 N–H and O–H groups in total. The zero-order chi connectivity index (χ0) is 22.7. The van der Waals surface area contributed by atoms with Gasteiger partial charge < -0.3 is 13.9 Å². The van der Waals surface area contributed by atoms with Crippen molar-refractivity contribution in [3.05, 3.63) is 24.6 Å². The van der Waals surface area contributed by atoms with Crippen molar-refractivity contribution >= 4 is 7.82 Å². The van der Waals surface area contributed by atoms with Crippen molar-refractivity contribution in [1.82, 2.24) is 0 Å². The van der Waals surface area contributed by atoms with E-state index < -0.39 is 7.82 Å². The number of allylic oxidation sites excluding steroid dienone is 2. The monoisotopic (exact) mass is 457 g/mol. The summed E-state index contributed by atoms with van der Waals surface area (Å²) in [7, 11) is -2.18. The van der Waals surface area contributed by atoms with Gasteiger partial charge in [0.2, 0.25) is 0 Å². The molecule has 1 aliphatic heterocycles. The first-order chi connectivity index (χ1) is 15.0. The summed E-state index contributed by atoms with van der Waals surface area (Å²) in [5.74, 6) is 0. The fraction of sp³-hybridized carbons (Fsp3) is 0.840. The van der Waals surface area contributed by atoms with Crippen molar-refractivity contribution in [2.45, 2.75) is 110 Å². The van der Waals surface area contributed by atoms with Crippen LogP contribution in [0.5, 0.6) is 0 Å². The molecular formula is C25H48NO4P. The first-order valence-electron chi connectivity index (χ1n) is 12.8. The van der Waals surface area contributed by atoms with Gasteiger partial charge in [-0.05, 0) is 18.6 Å². The molecule has 0 radical (unpaired) electrons. The smallest absolute Gasteiger partial charge is 0.268 e. The van der Waals surface area contributed by atoms with Gasteiger partial charge in [-0.3, -0.25) is 9.05 Å². The number of likely N-dealkylation sites (N-methyl/N-ethyl adjacent to an activating group) is 1. The Kier molecular flexibility index (Phi) is 16.6. The molecule has 0 amide bonds. The van der Waals surface area contributed by atoms with Crippen LogP contribution in [0.3, 0.4) is 0 Å². The molecule has 5 nitrogen and oxygen atoms in total. The molecule has 0 aromatic heterocycles. The third kappa shape index (κ3) is 16.8. The topological polar surface area (TPSA) is 58.6 Å². The molecule has 182 valence electrons. The third-order valence-corrected chi connectivity index (χ3v) is 7.03. The van der Waals surface area contributed by atoms with Gasteiger partial charge in [-0.15, -0.1) is 0 Å². The minimum atomic E-state index is -4.18. The fourth-order valence-corrected chi connectivity index (χ4v) is 4.64. The second-order valence-corrected chi connectivity index (χ2v) is 10.6. The van der Waals surface area contributed by atoms with Gasteiger partial charge in [0.25, 0.3) is 7.82 Å². The average Bonchev–Trinajstić information content (AvgIpc) is 3.16. The lowest BCUT2D eigenvalue weighted by Crippen LogP contribution is -2.34. The van der Waals surface area contributed by atoms with E-state index in [0.717, 1.165) is 19.3 Å². The van der Waals surface area contributed by atoms with E-state index in [-0.39, 0.29) is 13.2 Å². The lowest BCUT2D eigenvalue weighted by molar-refractivity contribution is -0.804. The van der Waals surface area contributed by atoms with E-state index in [2.05, 4.69) is 6.92 Å². The van der Waals surface area contributed by atoms with E-state index in [9.17, 15) is 9.46 Å². The summed E-state index contributed by atoms with van der Waals surface area (Å²) in [4.78, 5) is 11.8. The second kappa shape index (κ2) is 18.0. The molecule has 6 heteroatoms. The van der Waals surface area contributed by atoms with Gasteiger partial charge in [0.1, 0.15) is 25.6 Å². The minimum absolute atomic E-state index is 0.130. The van der Waals surface area contributed by atoms with Gasteiger partial charge in [-0.1, -0.05) is 103 Å². The molecule has 1 unspecified atom stereocenters. The van der Waals surface area contributed by atoms with Crippen LogP contribution in [0.25, 0.3) is 0 Å². The largest absolute Gasteiger partial charge is 0.756 e. The van der Waals surface area contributed by atoms with Crippen LogP contribution in [0.2, 0.25) is 0 Å². The Morgan fingerprint density at radius 3 is 1.52 bits per heavy atom. The summed E-state index contributed by atoms with van der Waals surface area (Å²) in [5, 5.41) is 0. The number of nitrogens with zero attached hydrogens (tertiary/aromatic N) is 1. The molecular weight excluding hydrogens is 409 g/mol. The van der Waals surface area contributed by atoms with Gasteiger partial charge >= 0.3 is 0 Å². The minimum Gasteiger partial charge on any atom is -0.756 e. The molecule has 0 aromatic carbocycles. The molecule has 1 heterocycles. The van der Waals surface area contributed by atoms with Gasteiger partial charge in [-0.2, -0.15) is 0 Å². The fourth-order valence-electron chi connectivity index (χ4n) is 3.90.